The van der Waals surface area contributed by atoms with E-state index in [2.05, 4.69) is 18.2 Å². The maximum atomic E-state index is 12.6. The number of hydrogen-bond donors (Lipinski definition) is 0. The summed E-state index contributed by atoms with van der Waals surface area (Å²) in [7, 11) is 0.500. The average molecular weight is 272 g/mol. The lowest BCUT2D eigenvalue weighted by atomic mass is 9.96. The molecule has 2 aromatic rings. The van der Waals surface area contributed by atoms with Gasteiger partial charge < -0.3 is 0 Å². The van der Waals surface area contributed by atoms with Gasteiger partial charge in [-0.1, -0.05) is 63.2 Å². The Kier molecular flexibility index (Phi) is 12.1. The van der Waals surface area contributed by atoms with Crippen molar-refractivity contribution in [2.75, 3.05) is 13.9 Å². The fourth-order valence-corrected chi connectivity index (χ4v) is 1.76. The number of rotatable bonds is 2. The van der Waals surface area contributed by atoms with Gasteiger partial charge in [-0.2, -0.15) is 0 Å². The third kappa shape index (κ3) is 5.33. The summed E-state index contributed by atoms with van der Waals surface area (Å²) in [6.45, 7) is 5.62. The Morgan fingerprint density at radius 3 is 2.05 bits per heavy atom. The van der Waals surface area contributed by atoms with Crippen LogP contribution in [0, 0.1) is 0 Å². The lowest BCUT2D eigenvalue weighted by Gasteiger charge is -2.10. The molecule has 2 aromatic carbocycles. The van der Waals surface area contributed by atoms with Crippen LogP contribution in [0.5, 0.6) is 0 Å². The van der Waals surface area contributed by atoms with Crippen LogP contribution in [-0.2, 0) is 0 Å². The van der Waals surface area contributed by atoms with Crippen molar-refractivity contribution in [2.45, 2.75) is 26.7 Å². The van der Waals surface area contributed by atoms with E-state index in [4.69, 9.17) is 0 Å². The minimum atomic E-state index is -0.298. The molecular weight excluding hydrogens is 249 g/mol. The third-order valence-corrected chi connectivity index (χ3v) is 2.59. The minimum Gasteiger partial charge on any atom is -0.269 e. The predicted octanol–water partition coefficient (Wildman–Crippen LogP) is 5.68. The van der Waals surface area contributed by atoms with Gasteiger partial charge in [0.05, 0.1) is 13.9 Å². The van der Waals surface area contributed by atoms with Crippen molar-refractivity contribution in [2.24, 2.45) is 0 Å². The van der Waals surface area contributed by atoms with Crippen LogP contribution in [0.25, 0.3) is 10.8 Å². The fraction of sp³-hybridized carbons (Fsp3) is 0.375. The third-order valence-electron chi connectivity index (χ3n) is 2.59. The molecular formula is C16H23F3. The Labute approximate surface area is 113 Å². The number of benzene rings is 2. The lowest BCUT2D eigenvalue weighted by molar-refractivity contribution is 0.448. The monoisotopic (exact) mass is 272 g/mol. The van der Waals surface area contributed by atoms with Crippen molar-refractivity contribution >= 4 is 10.8 Å². The summed E-state index contributed by atoms with van der Waals surface area (Å²) in [6, 6.07) is 14.2. The van der Waals surface area contributed by atoms with Gasteiger partial charge in [-0.05, 0) is 16.3 Å². The van der Waals surface area contributed by atoms with E-state index in [-0.39, 0.29) is 17.3 Å². The number of alkyl halides is 2. The van der Waals surface area contributed by atoms with Crippen molar-refractivity contribution in [3.05, 3.63) is 48.0 Å². The highest BCUT2D eigenvalue weighted by Gasteiger charge is 2.07. The number of hydrogen-bond acceptors (Lipinski definition) is 0. The van der Waals surface area contributed by atoms with Crippen LogP contribution in [0.1, 0.15) is 32.3 Å². The Morgan fingerprint density at radius 2 is 1.47 bits per heavy atom. The zero-order chi connectivity index (χ0) is 14.0. The van der Waals surface area contributed by atoms with E-state index >= 15 is 0 Å². The topological polar surface area (TPSA) is 0 Å². The van der Waals surface area contributed by atoms with Gasteiger partial charge in [0, 0.05) is 5.92 Å². The van der Waals surface area contributed by atoms with E-state index < -0.39 is 0 Å². The Morgan fingerprint density at radius 1 is 0.947 bits per heavy atom. The number of halogens is 3. The Hall–Kier alpha value is -1.51. The zero-order valence-corrected chi connectivity index (χ0v) is 12.0. The molecule has 19 heavy (non-hydrogen) atoms. The van der Waals surface area contributed by atoms with Crippen LogP contribution in [0.15, 0.2) is 42.5 Å². The van der Waals surface area contributed by atoms with Crippen LogP contribution >= 0.6 is 0 Å². The van der Waals surface area contributed by atoms with Crippen LogP contribution in [-0.4, -0.2) is 13.9 Å². The van der Waals surface area contributed by atoms with E-state index in [1.54, 1.807) is 0 Å². The van der Waals surface area contributed by atoms with E-state index in [1.807, 2.05) is 45.0 Å². The normalized spacial score (nSPS) is 10.2. The first-order chi connectivity index (χ1) is 8.83. The SMILES string of the molecule is CC.CC(CF)c1cccc2ccccc12.CF.F. The van der Waals surface area contributed by atoms with Crippen molar-refractivity contribution in [1.29, 1.82) is 0 Å². The van der Waals surface area contributed by atoms with Gasteiger partial charge in [-0.15, -0.1) is 0 Å². The molecule has 3 heteroatoms. The first kappa shape index (κ1) is 19.8. The summed E-state index contributed by atoms with van der Waals surface area (Å²) >= 11 is 0. The van der Waals surface area contributed by atoms with Crippen LogP contribution in [0.4, 0.5) is 13.5 Å². The molecule has 0 saturated carbocycles. The summed E-state index contributed by atoms with van der Waals surface area (Å²) in [5, 5.41) is 2.35. The average Bonchev–Trinajstić information content (AvgIpc) is 2.50. The summed E-state index contributed by atoms with van der Waals surface area (Å²) in [5.74, 6) is -0.0129. The molecule has 1 unspecified atom stereocenters. The molecule has 1 atom stereocenters. The summed E-state index contributed by atoms with van der Waals surface area (Å²) in [6.07, 6.45) is 0. The van der Waals surface area contributed by atoms with Gasteiger partial charge in [-0.3, -0.25) is 13.5 Å². The maximum Gasteiger partial charge on any atom is 0.0960 e. The molecule has 0 aliphatic carbocycles. The first-order valence-electron chi connectivity index (χ1n) is 6.24. The molecule has 0 aliphatic rings. The summed E-state index contributed by atoms with van der Waals surface area (Å²) in [4.78, 5) is 0. The van der Waals surface area contributed by atoms with Crippen molar-refractivity contribution in [3.8, 4) is 0 Å². The largest absolute Gasteiger partial charge is 0.269 e. The van der Waals surface area contributed by atoms with Gasteiger partial charge >= 0.3 is 0 Å². The molecule has 0 aliphatic heterocycles. The van der Waals surface area contributed by atoms with Crippen LogP contribution < -0.4 is 0 Å². The molecule has 0 amide bonds. The van der Waals surface area contributed by atoms with Crippen molar-refractivity contribution in [3.63, 3.8) is 0 Å². The van der Waals surface area contributed by atoms with Crippen LogP contribution in [0.3, 0.4) is 0 Å². The van der Waals surface area contributed by atoms with Gasteiger partial charge in [0.2, 0.25) is 0 Å². The predicted molar refractivity (Wildman–Crippen MR) is 79.2 cm³/mol. The maximum absolute atomic E-state index is 12.6. The van der Waals surface area contributed by atoms with Gasteiger partial charge in [0.15, 0.2) is 0 Å². The Balaban J connectivity index is 0. The zero-order valence-electron chi connectivity index (χ0n) is 12.0. The van der Waals surface area contributed by atoms with Crippen molar-refractivity contribution < 1.29 is 13.5 Å². The van der Waals surface area contributed by atoms with Crippen LogP contribution in [0.2, 0.25) is 0 Å². The molecule has 2 rings (SSSR count). The van der Waals surface area contributed by atoms with E-state index in [0.29, 0.717) is 7.18 Å². The minimum absolute atomic E-state index is 0. The van der Waals surface area contributed by atoms with Gasteiger partial charge in [-0.25, -0.2) is 0 Å². The van der Waals surface area contributed by atoms with Gasteiger partial charge in [0.25, 0.3) is 0 Å². The summed E-state index contributed by atoms with van der Waals surface area (Å²) in [5.41, 5.74) is 1.10. The Bertz CT molecular complexity index is 435. The molecule has 0 saturated heterocycles. The second kappa shape index (κ2) is 11.6. The quantitative estimate of drug-likeness (QED) is 0.660. The van der Waals surface area contributed by atoms with E-state index in [9.17, 15) is 8.78 Å². The summed E-state index contributed by atoms with van der Waals surface area (Å²) < 4.78 is 22.1. The smallest absolute Gasteiger partial charge is 0.0960 e. The molecule has 108 valence electrons. The standard InChI is InChI=1S/C13H13F.C2H6.CH3F.FH/c1-10(9-14)12-8-4-6-11-5-2-3-7-13(11)12;2*1-2;/h2-8,10H,9H2,1H3;1-2H3;1H3;1H. The first-order valence-corrected chi connectivity index (χ1v) is 6.24. The number of fused-ring (bicyclic) bond motifs is 1. The molecule has 0 N–H and O–H groups in total. The van der Waals surface area contributed by atoms with Crippen molar-refractivity contribution in [1.82, 2.24) is 0 Å². The molecule has 0 fully saturated rings. The molecule has 0 spiro atoms. The van der Waals surface area contributed by atoms with E-state index in [0.717, 1.165) is 5.56 Å². The molecule has 0 aromatic heterocycles. The fourth-order valence-electron chi connectivity index (χ4n) is 1.76. The molecule has 0 heterocycles. The van der Waals surface area contributed by atoms with Gasteiger partial charge in [0.1, 0.15) is 0 Å². The lowest BCUT2D eigenvalue weighted by Crippen LogP contribution is -1.96. The second-order valence-corrected chi connectivity index (χ2v) is 3.62. The highest BCUT2D eigenvalue weighted by atomic mass is 19.1. The van der Waals surface area contributed by atoms with E-state index in [1.165, 1.54) is 10.8 Å². The molecule has 0 nitrogen and oxygen atoms in total. The highest BCUT2D eigenvalue weighted by Crippen LogP contribution is 2.25. The molecule has 0 radical (unpaired) electrons. The highest BCUT2D eigenvalue weighted by molar-refractivity contribution is 5.86. The second-order valence-electron chi connectivity index (χ2n) is 3.62. The molecule has 0 bridgehead atoms.